The fourth-order valence-corrected chi connectivity index (χ4v) is 3.17. The molecule has 0 amide bonds. The first-order valence-corrected chi connectivity index (χ1v) is 6.18. The highest BCUT2D eigenvalue weighted by Crippen LogP contribution is 2.36. The number of rotatable bonds is 2. The minimum atomic E-state index is -0.499. The van der Waals surface area contributed by atoms with Gasteiger partial charge in [-0.2, -0.15) is 11.8 Å². The van der Waals surface area contributed by atoms with E-state index >= 15 is 0 Å². The molecule has 82 valence electrons. The molecule has 4 heteroatoms. The van der Waals surface area contributed by atoms with Gasteiger partial charge < -0.3 is 15.9 Å². The summed E-state index contributed by atoms with van der Waals surface area (Å²) in [6.45, 7) is 0. The molecular formula is C11H15NO2S. The van der Waals surface area contributed by atoms with Crippen LogP contribution in [0, 0.1) is 5.92 Å². The van der Waals surface area contributed by atoms with Crippen molar-refractivity contribution in [2.24, 2.45) is 5.92 Å². The third-order valence-electron chi connectivity index (χ3n) is 2.80. The molecule has 0 spiro atoms. The zero-order chi connectivity index (χ0) is 10.8. The Morgan fingerprint density at radius 3 is 2.87 bits per heavy atom. The molecule has 1 heterocycles. The average molecular weight is 225 g/mol. The molecular weight excluding hydrogens is 210 g/mol. The summed E-state index contributed by atoms with van der Waals surface area (Å²) in [7, 11) is 0. The number of aromatic hydroxyl groups is 1. The fraction of sp³-hybridized carbons (Fsp3) is 0.455. The molecule has 1 aliphatic heterocycles. The van der Waals surface area contributed by atoms with Gasteiger partial charge in [-0.15, -0.1) is 0 Å². The van der Waals surface area contributed by atoms with Crippen molar-refractivity contribution in [3.63, 3.8) is 0 Å². The summed E-state index contributed by atoms with van der Waals surface area (Å²) in [6, 6.07) is 4.76. The smallest absolute Gasteiger partial charge is 0.117 e. The van der Waals surface area contributed by atoms with Crippen LogP contribution in [-0.2, 0) is 0 Å². The number of aliphatic hydroxyl groups excluding tert-OH is 1. The van der Waals surface area contributed by atoms with Crippen molar-refractivity contribution in [3.05, 3.63) is 23.8 Å². The number of hydrogen-bond donors (Lipinski definition) is 3. The average Bonchev–Trinajstić information content (AvgIpc) is 2.69. The van der Waals surface area contributed by atoms with E-state index in [-0.39, 0.29) is 5.75 Å². The summed E-state index contributed by atoms with van der Waals surface area (Å²) < 4.78 is 0. The standard InChI is InChI=1S/C11H15NO2S/c12-10-5-8(13)1-2-9(10)11(14)7-3-4-15-6-7/h1-2,5,7,11,13-14H,3-4,6,12H2. The number of benzene rings is 1. The molecule has 2 atom stereocenters. The summed E-state index contributed by atoms with van der Waals surface area (Å²) >= 11 is 1.86. The molecule has 0 saturated carbocycles. The van der Waals surface area contributed by atoms with Gasteiger partial charge >= 0.3 is 0 Å². The van der Waals surface area contributed by atoms with Gasteiger partial charge in [0, 0.05) is 17.3 Å². The number of nitrogens with two attached hydrogens (primary N) is 1. The zero-order valence-electron chi connectivity index (χ0n) is 8.39. The lowest BCUT2D eigenvalue weighted by molar-refractivity contribution is 0.122. The van der Waals surface area contributed by atoms with Crippen LogP contribution in [0.15, 0.2) is 18.2 Å². The van der Waals surface area contributed by atoms with Crippen molar-refractivity contribution in [3.8, 4) is 5.75 Å². The highest BCUT2D eigenvalue weighted by atomic mass is 32.2. The van der Waals surface area contributed by atoms with E-state index in [1.54, 1.807) is 12.1 Å². The summed E-state index contributed by atoms with van der Waals surface area (Å²) in [5, 5.41) is 19.3. The highest BCUT2D eigenvalue weighted by molar-refractivity contribution is 7.99. The number of phenolic OH excluding ortho intramolecular Hbond substituents is 1. The van der Waals surface area contributed by atoms with Gasteiger partial charge in [0.15, 0.2) is 0 Å². The van der Waals surface area contributed by atoms with Crippen molar-refractivity contribution in [2.75, 3.05) is 17.2 Å². The van der Waals surface area contributed by atoms with Gasteiger partial charge in [0.05, 0.1) is 6.10 Å². The minimum absolute atomic E-state index is 0.143. The fourth-order valence-electron chi connectivity index (χ4n) is 1.89. The first-order valence-electron chi connectivity index (χ1n) is 5.02. The molecule has 3 nitrogen and oxygen atoms in total. The quantitative estimate of drug-likeness (QED) is 0.671. The van der Waals surface area contributed by atoms with E-state index in [1.165, 1.54) is 6.07 Å². The van der Waals surface area contributed by atoms with Gasteiger partial charge in [0.1, 0.15) is 5.75 Å². The third kappa shape index (κ3) is 2.21. The Kier molecular flexibility index (Phi) is 3.07. The molecule has 1 aromatic carbocycles. The Labute approximate surface area is 93.3 Å². The molecule has 1 saturated heterocycles. The Morgan fingerprint density at radius 2 is 2.27 bits per heavy atom. The van der Waals surface area contributed by atoms with Gasteiger partial charge in [0.25, 0.3) is 0 Å². The van der Waals surface area contributed by atoms with Crippen molar-refractivity contribution >= 4 is 17.4 Å². The molecule has 1 aromatic rings. The molecule has 0 bridgehead atoms. The van der Waals surface area contributed by atoms with Crippen LogP contribution in [0.4, 0.5) is 5.69 Å². The number of aliphatic hydroxyl groups is 1. The lowest BCUT2D eigenvalue weighted by atomic mass is 9.94. The molecule has 4 N–H and O–H groups in total. The van der Waals surface area contributed by atoms with E-state index in [9.17, 15) is 10.2 Å². The second-order valence-electron chi connectivity index (χ2n) is 3.88. The molecule has 1 aliphatic rings. The Hall–Kier alpha value is -0.870. The summed E-state index contributed by atoms with van der Waals surface area (Å²) in [5.74, 6) is 2.53. The van der Waals surface area contributed by atoms with Crippen molar-refractivity contribution in [1.82, 2.24) is 0 Å². The number of thioether (sulfide) groups is 1. The largest absolute Gasteiger partial charge is 0.508 e. The predicted octanol–water partition coefficient (Wildman–Crippen LogP) is 1.76. The van der Waals surface area contributed by atoms with Crippen LogP contribution < -0.4 is 5.73 Å². The first kappa shape index (κ1) is 10.6. The minimum Gasteiger partial charge on any atom is -0.508 e. The van der Waals surface area contributed by atoms with Gasteiger partial charge in [-0.1, -0.05) is 6.07 Å². The molecule has 0 radical (unpaired) electrons. The van der Waals surface area contributed by atoms with Crippen molar-refractivity contribution in [1.29, 1.82) is 0 Å². The van der Waals surface area contributed by atoms with Crippen molar-refractivity contribution in [2.45, 2.75) is 12.5 Å². The number of hydrogen-bond acceptors (Lipinski definition) is 4. The van der Waals surface area contributed by atoms with Crippen LogP contribution in [0.25, 0.3) is 0 Å². The number of nitrogen functional groups attached to an aromatic ring is 1. The highest BCUT2D eigenvalue weighted by Gasteiger charge is 2.26. The molecule has 2 unspecified atom stereocenters. The van der Waals surface area contributed by atoms with Gasteiger partial charge in [-0.3, -0.25) is 0 Å². The third-order valence-corrected chi connectivity index (χ3v) is 3.99. The molecule has 0 aliphatic carbocycles. The van der Waals surface area contributed by atoms with Crippen LogP contribution in [0.3, 0.4) is 0 Å². The van der Waals surface area contributed by atoms with Crippen LogP contribution in [0.1, 0.15) is 18.1 Å². The number of anilines is 1. The van der Waals surface area contributed by atoms with Crippen LogP contribution >= 0.6 is 11.8 Å². The summed E-state index contributed by atoms with van der Waals surface area (Å²) in [6.07, 6.45) is 0.534. The van der Waals surface area contributed by atoms with E-state index in [2.05, 4.69) is 0 Å². The van der Waals surface area contributed by atoms with E-state index in [0.717, 1.165) is 23.5 Å². The van der Waals surface area contributed by atoms with E-state index in [1.807, 2.05) is 11.8 Å². The van der Waals surface area contributed by atoms with E-state index in [4.69, 9.17) is 5.73 Å². The second-order valence-corrected chi connectivity index (χ2v) is 5.03. The van der Waals surface area contributed by atoms with Gasteiger partial charge in [0.2, 0.25) is 0 Å². The SMILES string of the molecule is Nc1cc(O)ccc1C(O)C1CCSC1. The summed E-state index contributed by atoms with van der Waals surface area (Å²) in [4.78, 5) is 0. The second kappa shape index (κ2) is 4.33. The maximum absolute atomic E-state index is 10.1. The molecule has 2 rings (SSSR count). The number of phenols is 1. The van der Waals surface area contributed by atoms with Crippen molar-refractivity contribution < 1.29 is 10.2 Å². The molecule has 0 aromatic heterocycles. The topological polar surface area (TPSA) is 66.5 Å². The molecule has 15 heavy (non-hydrogen) atoms. The van der Waals surface area contributed by atoms with Gasteiger partial charge in [-0.25, -0.2) is 0 Å². The zero-order valence-corrected chi connectivity index (χ0v) is 9.20. The lowest BCUT2D eigenvalue weighted by Gasteiger charge is -2.19. The maximum Gasteiger partial charge on any atom is 0.117 e. The Morgan fingerprint density at radius 1 is 1.47 bits per heavy atom. The maximum atomic E-state index is 10.1. The summed E-state index contributed by atoms with van der Waals surface area (Å²) in [5.41, 5.74) is 6.97. The van der Waals surface area contributed by atoms with E-state index in [0.29, 0.717) is 11.6 Å². The monoisotopic (exact) mass is 225 g/mol. The van der Waals surface area contributed by atoms with Crippen LogP contribution in [0.2, 0.25) is 0 Å². The molecule has 1 fully saturated rings. The van der Waals surface area contributed by atoms with Crippen LogP contribution in [-0.4, -0.2) is 21.7 Å². The predicted molar refractivity (Wildman–Crippen MR) is 62.9 cm³/mol. The van der Waals surface area contributed by atoms with E-state index < -0.39 is 6.10 Å². The lowest BCUT2D eigenvalue weighted by Crippen LogP contribution is -2.13. The van der Waals surface area contributed by atoms with Gasteiger partial charge in [-0.05, 0) is 29.9 Å². The Balaban J connectivity index is 2.20. The Bertz CT molecular complexity index is 350. The van der Waals surface area contributed by atoms with Crippen LogP contribution in [0.5, 0.6) is 5.75 Å². The first-order chi connectivity index (χ1) is 7.18. The normalized spacial score (nSPS) is 22.9.